The molecule has 2 aliphatic heterocycles. The highest BCUT2D eigenvalue weighted by Crippen LogP contribution is 2.25. The molecule has 0 saturated carbocycles. The predicted molar refractivity (Wildman–Crippen MR) is 113 cm³/mol. The zero-order chi connectivity index (χ0) is 21.1. The lowest BCUT2D eigenvalue weighted by molar-refractivity contribution is 0.0146. The Labute approximate surface area is 176 Å². The van der Waals surface area contributed by atoms with E-state index in [0.29, 0.717) is 49.4 Å². The lowest BCUT2D eigenvalue weighted by atomic mass is 10.0. The number of carbonyl (C=O) groups is 3. The van der Waals surface area contributed by atoms with Crippen LogP contribution >= 0.6 is 0 Å². The molecule has 0 N–H and O–H groups in total. The van der Waals surface area contributed by atoms with Gasteiger partial charge >= 0.3 is 0 Å². The molecule has 0 aliphatic carbocycles. The first kappa shape index (κ1) is 20.3. The third-order valence-corrected chi connectivity index (χ3v) is 5.82. The molecule has 6 heteroatoms. The third kappa shape index (κ3) is 4.00. The summed E-state index contributed by atoms with van der Waals surface area (Å²) in [7, 11) is 0. The number of carbonyl (C=O) groups excluding carboxylic acids is 3. The van der Waals surface area contributed by atoms with Gasteiger partial charge < -0.3 is 9.64 Å². The van der Waals surface area contributed by atoms with Gasteiger partial charge in [0.1, 0.15) is 0 Å². The molecule has 2 heterocycles. The van der Waals surface area contributed by atoms with Gasteiger partial charge in [-0.2, -0.15) is 0 Å². The topological polar surface area (TPSA) is 66.9 Å². The van der Waals surface area contributed by atoms with Crippen molar-refractivity contribution < 1.29 is 19.1 Å². The Morgan fingerprint density at radius 1 is 1.00 bits per heavy atom. The highest BCUT2D eigenvalue weighted by Gasteiger charge is 2.36. The van der Waals surface area contributed by atoms with Gasteiger partial charge in [-0.25, -0.2) is 0 Å². The molecule has 0 radical (unpaired) electrons. The van der Waals surface area contributed by atoms with Gasteiger partial charge in [0, 0.05) is 31.8 Å². The summed E-state index contributed by atoms with van der Waals surface area (Å²) in [5.74, 6) is -0.714. The van der Waals surface area contributed by atoms with Crippen LogP contribution in [0, 0.1) is 0 Å². The lowest BCUT2D eigenvalue weighted by Crippen LogP contribution is -2.41. The number of benzene rings is 2. The minimum absolute atomic E-state index is 0.101. The van der Waals surface area contributed by atoms with Crippen LogP contribution in [-0.2, 0) is 11.2 Å². The Morgan fingerprint density at radius 3 is 2.40 bits per heavy atom. The van der Waals surface area contributed by atoms with Crippen LogP contribution in [-0.4, -0.2) is 59.9 Å². The number of piperidine rings is 1. The van der Waals surface area contributed by atoms with Crippen molar-refractivity contribution >= 4 is 17.7 Å². The Balaban J connectivity index is 1.44. The van der Waals surface area contributed by atoms with E-state index >= 15 is 0 Å². The summed E-state index contributed by atoms with van der Waals surface area (Å²) in [5.41, 5.74) is 2.22. The number of imide groups is 1. The van der Waals surface area contributed by atoms with Gasteiger partial charge in [-0.1, -0.05) is 30.3 Å². The number of amides is 3. The van der Waals surface area contributed by atoms with Crippen molar-refractivity contribution in [2.24, 2.45) is 0 Å². The largest absolute Gasteiger partial charge is 0.378 e. The normalized spacial score (nSPS) is 16.8. The fraction of sp³-hybridized carbons (Fsp3) is 0.375. The van der Waals surface area contributed by atoms with E-state index in [4.69, 9.17) is 4.74 Å². The molecule has 6 nitrogen and oxygen atoms in total. The molecule has 0 spiro atoms. The molecule has 3 amide bonds. The summed E-state index contributed by atoms with van der Waals surface area (Å²) >= 11 is 0. The van der Waals surface area contributed by atoms with Crippen LogP contribution in [0.15, 0.2) is 48.5 Å². The van der Waals surface area contributed by atoms with E-state index in [1.165, 1.54) is 4.90 Å². The van der Waals surface area contributed by atoms with Crippen LogP contribution in [0.2, 0.25) is 0 Å². The molecule has 156 valence electrons. The molecular formula is C24H26N2O4. The lowest BCUT2D eigenvalue weighted by Gasteiger charge is -2.31. The Morgan fingerprint density at radius 2 is 1.70 bits per heavy atom. The van der Waals surface area contributed by atoms with Crippen molar-refractivity contribution in [3.05, 3.63) is 70.8 Å². The maximum Gasteiger partial charge on any atom is 0.261 e. The van der Waals surface area contributed by atoms with Crippen molar-refractivity contribution in [1.82, 2.24) is 9.80 Å². The van der Waals surface area contributed by atoms with E-state index in [9.17, 15) is 14.4 Å². The summed E-state index contributed by atoms with van der Waals surface area (Å²) in [6.45, 7) is 4.25. The monoisotopic (exact) mass is 406 g/mol. The van der Waals surface area contributed by atoms with Crippen LogP contribution < -0.4 is 0 Å². The second-order valence-corrected chi connectivity index (χ2v) is 7.70. The second-order valence-electron chi connectivity index (χ2n) is 7.70. The number of nitrogens with zero attached hydrogens (tertiary/aromatic N) is 2. The summed E-state index contributed by atoms with van der Waals surface area (Å²) < 4.78 is 5.64. The quantitative estimate of drug-likeness (QED) is 0.691. The predicted octanol–water partition coefficient (Wildman–Crippen LogP) is 3.17. The number of hydrogen-bond donors (Lipinski definition) is 0. The fourth-order valence-corrected chi connectivity index (χ4v) is 4.16. The van der Waals surface area contributed by atoms with Gasteiger partial charge in [0.05, 0.1) is 17.2 Å². The molecule has 0 atom stereocenters. The molecule has 2 aromatic carbocycles. The van der Waals surface area contributed by atoms with Crippen molar-refractivity contribution in [3.63, 3.8) is 0 Å². The van der Waals surface area contributed by atoms with E-state index in [1.807, 2.05) is 37.3 Å². The average Bonchev–Trinajstić information content (AvgIpc) is 3.02. The Kier molecular flexibility index (Phi) is 5.95. The van der Waals surface area contributed by atoms with E-state index in [2.05, 4.69) is 0 Å². The highest BCUT2D eigenvalue weighted by molar-refractivity contribution is 6.22. The molecule has 4 rings (SSSR count). The summed E-state index contributed by atoms with van der Waals surface area (Å²) in [6.07, 6.45) is 2.44. The summed E-state index contributed by atoms with van der Waals surface area (Å²) in [5, 5.41) is 0. The Bertz CT molecular complexity index is 949. The Hall–Kier alpha value is -2.99. The molecule has 1 saturated heterocycles. The molecule has 30 heavy (non-hydrogen) atoms. The fourth-order valence-electron chi connectivity index (χ4n) is 4.16. The van der Waals surface area contributed by atoms with Crippen molar-refractivity contribution in [2.75, 3.05) is 26.2 Å². The maximum absolute atomic E-state index is 12.9. The van der Waals surface area contributed by atoms with Crippen LogP contribution in [0.4, 0.5) is 0 Å². The average molecular weight is 406 g/mol. The van der Waals surface area contributed by atoms with Gasteiger partial charge in [0.2, 0.25) is 0 Å². The van der Waals surface area contributed by atoms with E-state index < -0.39 is 0 Å². The molecule has 0 unspecified atom stereocenters. The van der Waals surface area contributed by atoms with Crippen LogP contribution in [0.1, 0.15) is 56.4 Å². The summed E-state index contributed by atoms with van der Waals surface area (Å²) in [6, 6.07) is 14.6. The van der Waals surface area contributed by atoms with Crippen molar-refractivity contribution in [3.8, 4) is 0 Å². The highest BCUT2D eigenvalue weighted by atomic mass is 16.5. The minimum Gasteiger partial charge on any atom is -0.378 e. The van der Waals surface area contributed by atoms with Crippen molar-refractivity contribution in [2.45, 2.75) is 32.3 Å². The zero-order valence-electron chi connectivity index (χ0n) is 17.2. The third-order valence-electron chi connectivity index (χ3n) is 5.82. The first-order valence-corrected chi connectivity index (χ1v) is 10.5. The first-order valence-electron chi connectivity index (χ1n) is 10.5. The molecule has 0 aromatic heterocycles. The van der Waals surface area contributed by atoms with E-state index in [-0.39, 0.29) is 23.8 Å². The first-order chi connectivity index (χ1) is 14.6. The van der Waals surface area contributed by atoms with Crippen LogP contribution in [0.5, 0.6) is 0 Å². The maximum atomic E-state index is 12.9. The van der Waals surface area contributed by atoms with Gasteiger partial charge in [0.25, 0.3) is 17.7 Å². The van der Waals surface area contributed by atoms with E-state index in [0.717, 1.165) is 18.4 Å². The SMILES string of the molecule is CCOC1CCN(C(=O)c2ccc3c(c2)C(=O)N(CCc2ccccc2)C3=O)CC1. The number of rotatable bonds is 6. The molecular weight excluding hydrogens is 380 g/mol. The molecule has 2 aromatic rings. The van der Waals surface area contributed by atoms with Gasteiger partial charge in [-0.15, -0.1) is 0 Å². The minimum atomic E-state index is -0.323. The number of ether oxygens (including phenoxy) is 1. The van der Waals surface area contributed by atoms with Crippen LogP contribution in [0.3, 0.4) is 0 Å². The molecule has 1 fully saturated rings. The smallest absolute Gasteiger partial charge is 0.261 e. The van der Waals surface area contributed by atoms with Gasteiger partial charge in [-0.05, 0) is 49.9 Å². The summed E-state index contributed by atoms with van der Waals surface area (Å²) in [4.78, 5) is 41.6. The van der Waals surface area contributed by atoms with Crippen molar-refractivity contribution in [1.29, 1.82) is 0 Å². The van der Waals surface area contributed by atoms with Gasteiger partial charge in [0.15, 0.2) is 0 Å². The number of fused-ring (bicyclic) bond motifs is 1. The number of hydrogen-bond acceptors (Lipinski definition) is 4. The number of likely N-dealkylation sites (tertiary alicyclic amines) is 1. The standard InChI is InChI=1S/C24H26N2O4/c1-2-30-19-11-13-25(14-12-19)22(27)18-8-9-20-21(16-18)24(29)26(23(20)28)15-10-17-6-4-3-5-7-17/h3-9,16,19H,2,10-15H2,1H3. The van der Waals surface area contributed by atoms with Gasteiger partial charge in [-0.3, -0.25) is 19.3 Å². The molecule has 2 aliphatic rings. The molecule has 0 bridgehead atoms. The van der Waals surface area contributed by atoms with E-state index in [1.54, 1.807) is 23.1 Å². The second kappa shape index (κ2) is 8.79. The van der Waals surface area contributed by atoms with Crippen LogP contribution in [0.25, 0.3) is 0 Å². The zero-order valence-corrected chi connectivity index (χ0v) is 17.2.